The zero-order valence-electron chi connectivity index (χ0n) is 39.2. The third kappa shape index (κ3) is 46.0. The molecule has 9 nitrogen and oxygen atoms in total. The highest BCUT2D eigenvalue weighted by Crippen LogP contribution is 2.43. The second-order valence-electron chi connectivity index (χ2n) is 17.0. The predicted octanol–water partition coefficient (Wildman–Crippen LogP) is 15.1. The molecule has 0 aliphatic heterocycles. The summed E-state index contributed by atoms with van der Waals surface area (Å²) in [4.78, 5) is 35.0. The van der Waals surface area contributed by atoms with Gasteiger partial charge in [-0.2, -0.15) is 0 Å². The van der Waals surface area contributed by atoms with Crippen molar-refractivity contribution in [3.63, 3.8) is 0 Å². The van der Waals surface area contributed by atoms with Crippen LogP contribution in [0.1, 0.15) is 251 Å². The maximum absolute atomic E-state index is 12.6. The van der Waals surface area contributed by atoms with Gasteiger partial charge in [0.05, 0.1) is 13.2 Å². The van der Waals surface area contributed by atoms with Crippen LogP contribution in [0.5, 0.6) is 0 Å². The largest absolute Gasteiger partial charge is 0.472 e. The Hall–Kier alpha value is -1.51. The fourth-order valence-electron chi connectivity index (χ4n) is 7.27. The van der Waals surface area contributed by atoms with E-state index in [9.17, 15) is 19.0 Å². The molecule has 0 rings (SSSR count). The van der Waals surface area contributed by atoms with Gasteiger partial charge in [0.1, 0.15) is 6.61 Å². The lowest BCUT2D eigenvalue weighted by Crippen LogP contribution is -2.29. The van der Waals surface area contributed by atoms with Crippen LogP contribution < -0.4 is 5.73 Å². The minimum atomic E-state index is -4.38. The van der Waals surface area contributed by atoms with Crippen LogP contribution in [0.15, 0.2) is 24.3 Å². The summed E-state index contributed by atoms with van der Waals surface area (Å²) in [6.07, 6.45) is 52.1. The van der Waals surface area contributed by atoms with E-state index in [2.05, 4.69) is 38.2 Å². The molecule has 0 aromatic rings. The highest BCUT2D eigenvalue weighted by molar-refractivity contribution is 7.47. The number of nitrogens with two attached hydrogens (primary N) is 1. The molecule has 3 N–H and O–H groups in total. The molecule has 0 fully saturated rings. The van der Waals surface area contributed by atoms with Gasteiger partial charge in [-0.25, -0.2) is 4.57 Å². The summed E-state index contributed by atoms with van der Waals surface area (Å²) in [5, 5.41) is 0. The van der Waals surface area contributed by atoms with Gasteiger partial charge < -0.3 is 20.1 Å². The van der Waals surface area contributed by atoms with E-state index in [0.717, 1.165) is 44.9 Å². The fraction of sp³-hybridized carbons (Fsp3) is 0.880. The molecule has 2 atom stereocenters. The monoisotopic (exact) mass is 870 g/mol. The molecule has 0 heterocycles. The molecule has 0 aromatic carbocycles. The smallest absolute Gasteiger partial charge is 0.462 e. The van der Waals surface area contributed by atoms with Crippen LogP contribution in [-0.2, 0) is 32.7 Å². The van der Waals surface area contributed by atoms with E-state index in [0.29, 0.717) is 6.42 Å². The first-order valence-corrected chi connectivity index (χ1v) is 26.8. The van der Waals surface area contributed by atoms with E-state index >= 15 is 0 Å². The number of carbonyl (C=O) groups excluding carboxylic acids is 2. The van der Waals surface area contributed by atoms with Gasteiger partial charge in [-0.3, -0.25) is 18.6 Å². The zero-order chi connectivity index (χ0) is 43.9. The van der Waals surface area contributed by atoms with Crippen molar-refractivity contribution >= 4 is 19.8 Å². The summed E-state index contributed by atoms with van der Waals surface area (Å²) in [5.74, 6) is -0.825. The summed E-state index contributed by atoms with van der Waals surface area (Å²) in [6, 6.07) is 0. The Bertz CT molecular complexity index is 1040. The van der Waals surface area contributed by atoms with Crippen LogP contribution >= 0.6 is 7.82 Å². The molecule has 0 aromatic heterocycles. The second kappa shape index (κ2) is 47.0. The standard InChI is InChI=1S/C50H96NO8P/c1-3-5-7-9-11-13-15-17-19-21-23-24-25-27-29-31-33-35-37-39-41-43-50(53)59-48(47-58-60(54,55)57-45-44-51)46-56-49(52)42-40-38-36-34-32-30-28-26-22-20-18-16-14-12-10-8-6-4-2/h20-23,48H,3-19,24-47,51H2,1-2H3,(H,54,55)/b22-20-,23-21-. The minimum absolute atomic E-state index is 0.0539. The fourth-order valence-corrected chi connectivity index (χ4v) is 8.04. The van der Waals surface area contributed by atoms with Crippen molar-refractivity contribution in [2.45, 2.75) is 258 Å². The Morgan fingerprint density at radius 3 is 1.18 bits per heavy atom. The van der Waals surface area contributed by atoms with Crippen LogP contribution in [0.2, 0.25) is 0 Å². The Morgan fingerprint density at radius 1 is 0.483 bits per heavy atom. The molecule has 0 bridgehead atoms. The van der Waals surface area contributed by atoms with E-state index in [1.165, 1.54) is 173 Å². The van der Waals surface area contributed by atoms with Crippen LogP contribution in [0.4, 0.5) is 0 Å². The van der Waals surface area contributed by atoms with Gasteiger partial charge >= 0.3 is 19.8 Å². The van der Waals surface area contributed by atoms with Crippen LogP contribution in [0, 0.1) is 0 Å². The predicted molar refractivity (Wildman–Crippen MR) is 252 cm³/mol. The molecular formula is C50H96NO8P. The Morgan fingerprint density at radius 2 is 0.817 bits per heavy atom. The maximum Gasteiger partial charge on any atom is 0.472 e. The molecule has 0 spiro atoms. The van der Waals surface area contributed by atoms with E-state index in [1.54, 1.807) is 0 Å². The molecular weight excluding hydrogens is 774 g/mol. The highest BCUT2D eigenvalue weighted by atomic mass is 31.2. The van der Waals surface area contributed by atoms with Crippen molar-refractivity contribution in [1.29, 1.82) is 0 Å². The molecule has 0 aliphatic carbocycles. The number of hydrogen-bond donors (Lipinski definition) is 2. The first-order chi connectivity index (χ1) is 29.3. The molecule has 0 saturated heterocycles. The molecule has 2 unspecified atom stereocenters. The lowest BCUT2D eigenvalue weighted by Gasteiger charge is -2.19. The lowest BCUT2D eigenvalue weighted by atomic mass is 10.1. The summed E-state index contributed by atoms with van der Waals surface area (Å²) >= 11 is 0. The number of carbonyl (C=O) groups is 2. The van der Waals surface area contributed by atoms with E-state index in [-0.39, 0.29) is 38.6 Å². The number of allylic oxidation sites excluding steroid dienone is 4. The van der Waals surface area contributed by atoms with Crippen molar-refractivity contribution < 1.29 is 37.6 Å². The van der Waals surface area contributed by atoms with Crippen molar-refractivity contribution in [2.24, 2.45) is 5.73 Å². The number of rotatable bonds is 48. The van der Waals surface area contributed by atoms with Crippen molar-refractivity contribution in [3.8, 4) is 0 Å². The van der Waals surface area contributed by atoms with Gasteiger partial charge in [-0.05, 0) is 64.2 Å². The second-order valence-corrected chi connectivity index (χ2v) is 18.5. The Kier molecular flexibility index (Phi) is 45.8. The first kappa shape index (κ1) is 58.5. The zero-order valence-corrected chi connectivity index (χ0v) is 40.1. The van der Waals surface area contributed by atoms with Gasteiger partial charge in [0.15, 0.2) is 6.10 Å². The van der Waals surface area contributed by atoms with Gasteiger partial charge in [-0.15, -0.1) is 0 Å². The molecule has 354 valence electrons. The van der Waals surface area contributed by atoms with Crippen molar-refractivity contribution in [1.82, 2.24) is 0 Å². The SMILES string of the molecule is CCCCCCCCC/C=C\CCCCCCCCCC(=O)OCC(COP(=O)(O)OCCN)OC(=O)CCCCCCCCCCC/C=C\CCCCCCCCCC. The van der Waals surface area contributed by atoms with Crippen molar-refractivity contribution in [2.75, 3.05) is 26.4 Å². The topological polar surface area (TPSA) is 134 Å². The van der Waals surface area contributed by atoms with Gasteiger partial charge in [-0.1, -0.05) is 199 Å². The number of phosphoric ester groups is 1. The van der Waals surface area contributed by atoms with E-state index in [1.807, 2.05) is 0 Å². The van der Waals surface area contributed by atoms with Crippen LogP contribution in [0.25, 0.3) is 0 Å². The normalized spacial score (nSPS) is 13.3. The summed E-state index contributed by atoms with van der Waals surface area (Å²) < 4.78 is 32.9. The highest BCUT2D eigenvalue weighted by Gasteiger charge is 2.26. The maximum atomic E-state index is 12.6. The number of unbranched alkanes of at least 4 members (excludes halogenated alkanes) is 31. The summed E-state index contributed by atoms with van der Waals surface area (Å²) in [6.45, 7) is 3.76. The van der Waals surface area contributed by atoms with Gasteiger partial charge in [0, 0.05) is 19.4 Å². The molecule has 60 heavy (non-hydrogen) atoms. The average Bonchev–Trinajstić information content (AvgIpc) is 3.24. The number of hydrogen-bond acceptors (Lipinski definition) is 8. The van der Waals surface area contributed by atoms with E-state index < -0.39 is 26.5 Å². The quantitative estimate of drug-likeness (QED) is 0.0265. The third-order valence-corrected chi connectivity index (χ3v) is 12.0. The van der Waals surface area contributed by atoms with Crippen LogP contribution in [-0.4, -0.2) is 49.3 Å². The third-order valence-electron chi connectivity index (χ3n) is 11.1. The number of ether oxygens (including phenoxy) is 2. The molecule has 0 amide bonds. The number of phosphoric acid groups is 1. The van der Waals surface area contributed by atoms with Crippen LogP contribution in [0.3, 0.4) is 0 Å². The summed E-state index contributed by atoms with van der Waals surface area (Å²) in [5.41, 5.74) is 5.36. The lowest BCUT2D eigenvalue weighted by molar-refractivity contribution is -0.161. The Labute approximate surface area is 370 Å². The number of esters is 2. The molecule has 10 heteroatoms. The molecule has 0 aliphatic rings. The van der Waals surface area contributed by atoms with E-state index in [4.69, 9.17) is 24.3 Å². The molecule has 0 radical (unpaired) electrons. The molecule has 0 saturated carbocycles. The Balaban J connectivity index is 4.05. The average molecular weight is 870 g/mol. The first-order valence-electron chi connectivity index (χ1n) is 25.3. The minimum Gasteiger partial charge on any atom is -0.462 e. The van der Waals surface area contributed by atoms with Gasteiger partial charge in [0.2, 0.25) is 0 Å². The van der Waals surface area contributed by atoms with Crippen molar-refractivity contribution in [3.05, 3.63) is 24.3 Å². The summed E-state index contributed by atoms with van der Waals surface area (Å²) in [7, 11) is -4.38. The van der Waals surface area contributed by atoms with Gasteiger partial charge in [0.25, 0.3) is 0 Å².